The molecule has 1 aromatic carbocycles. The average molecular weight is 288 g/mol. The smallest absolute Gasteiger partial charge is 0.407 e. The summed E-state index contributed by atoms with van der Waals surface area (Å²) in [7, 11) is 2.20. The second-order valence-electron chi connectivity index (χ2n) is 6.56. The molecule has 0 bridgehead atoms. The van der Waals surface area contributed by atoms with Gasteiger partial charge in [0.15, 0.2) is 0 Å². The highest BCUT2D eigenvalue weighted by Gasteiger charge is 2.40. The van der Waals surface area contributed by atoms with Gasteiger partial charge < -0.3 is 10.0 Å². The number of piperidine rings is 1. The number of rotatable bonds is 3. The number of amides is 1. The monoisotopic (exact) mass is 288 g/mol. The molecule has 114 valence electrons. The van der Waals surface area contributed by atoms with E-state index in [1.807, 2.05) is 6.07 Å². The van der Waals surface area contributed by atoms with Crippen LogP contribution in [0, 0.1) is 11.8 Å². The Kier molecular flexibility index (Phi) is 4.15. The fraction of sp³-hybridized carbons (Fsp3) is 0.588. The molecule has 3 rings (SSSR count). The SMILES string of the molecule is CN(Cc1ccccc1)C1CC2CCN(C(=O)O)CC2C1. The van der Waals surface area contributed by atoms with E-state index in [0.29, 0.717) is 24.4 Å². The standard InChI is InChI=1S/C17H24N2O2/c1-18(11-13-5-3-2-4-6-13)16-9-14-7-8-19(17(20)21)12-15(14)10-16/h2-6,14-16H,7-12H2,1H3,(H,20,21). The molecule has 1 heterocycles. The van der Waals surface area contributed by atoms with Crippen LogP contribution in [0.1, 0.15) is 24.8 Å². The predicted octanol–water partition coefficient (Wildman–Crippen LogP) is 2.90. The first-order chi connectivity index (χ1) is 10.1. The van der Waals surface area contributed by atoms with Crippen LogP contribution in [-0.4, -0.2) is 47.2 Å². The third-order valence-electron chi connectivity index (χ3n) is 5.21. The summed E-state index contributed by atoms with van der Waals surface area (Å²) < 4.78 is 0. The Balaban J connectivity index is 1.58. The zero-order valence-electron chi connectivity index (χ0n) is 12.6. The third-order valence-corrected chi connectivity index (χ3v) is 5.21. The lowest BCUT2D eigenvalue weighted by molar-refractivity contribution is 0.106. The van der Waals surface area contributed by atoms with Crippen LogP contribution in [0.15, 0.2) is 30.3 Å². The van der Waals surface area contributed by atoms with Gasteiger partial charge in [0.1, 0.15) is 0 Å². The minimum absolute atomic E-state index is 0.554. The van der Waals surface area contributed by atoms with Crippen molar-refractivity contribution in [2.24, 2.45) is 11.8 Å². The molecule has 1 aliphatic carbocycles. The lowest BCUT2D eigenvalue weighted by Crippen LogP contribution is -2.41. The first-order valence-electron chi connectivity index (χ1n) is 7.85. The predicted molar refractivity (Wildman–Crippen MR) is 82.1 cm³/mol. The van der Waals surface area contributed by atoms with Crippen LogP contribution in [-0.2, 0) is 6.54 Å². The minimum atomic E-state index is -0.755. The molecule has 4 heteroatoms. The van der Waals surface area contributed by atoms with Crippen LogP contribution >= 0.6 is 0 Å². The third kappa shape index (κ3) is 3.21. The van der Waals surface area contributed by atoms with E-state index < -0.39 is 6.09 Å². The van der Waals surface area contributed by atoms with Crippen LogP contribution in [0.5, 0.6) is 0 Å². The van der Waals surface area contributed by atoms with E-state index in [-0.39, 0.29) is 0 Å². The van der Waals surface area contributed by atoms with Gasteiger partial charge in [-0.05, 0) is 43.7 Å². The summed E-state index contributed by atoms with van der Waals surface area (Å²) in [5, 5.41) is 9.14. The zero-order chi connectivity index (χ0) is 14.8. The zero-order valence-corrected chi connectivity index (χ0v) is 12.6. The molecule has 2 fully saturated rings. The maximum Gasteiger partial charge on any atom is 0.407 e. The number of hydrogen-bond donors (Lipinski definition) is 1. The van der Waals surface area contributed by atoms with Crippen LogP contribution in [0.3, 0.4) is 0 Å². The Bertz CT molecular complexity index is 491. The van der Waals surface area contributed by atoms with Gasteiger partial charge in [-0.2, -0.15) is 0 Å². The number of likely N-dealkylation sites (tertiary alicyclic amines) is 1. The van der Waals surface area contributed by atoms with Crippen molar-refractivity contribution in [2.45, 2.75) is 31.8 Å². The second-order valence-corrected chi connectivity index (χ2v) is 6.56. The van der Waals surface area contributed by atoms with E-state index in [1.165, 1.54) is 12.0 Å². The highest BCUT2D eigenvalue weighted by Crippen LogP contribution is 2.40. The van der Waals surface area contributed by atoms with Crippen molar-refractivity contribution < 1.29 is 9.90 Å². The summed E-state index contributed by atoms with van der Waals surface area (Å²) in [6.07, 6.45) is 2.64. The lowest BCUT2D eigenvalue weighted by atomic mass is 9.89. The first-order valence-corrected chi connectivity index (χ1v) is 7.85. The quantitative estimate of drug-likeness (QED) is 0.930. The first kappa shape index (κ1) is 14.4. The van der Waals surface area contributed by atoms with Crippen molar-refractivity contribution in [1.82, 2.24) is 9.80 Å². The van der Waals surface area contributed by atoms with Crippen LogP contribution in [0.4, 0.5) is 4.79 Å². The van der Waals surface area contributed by atoms with E-state index in [1.54, 1.807) is 4.90 Å². The Morgan fingerprint density at radius 3 is 2.71 bits per heavy atom. The Labute approximate surface area is 126 Å². The molecule has 1 saturated carbocycles. The van der Waals surface area contributed by atoms with Gasteiger partial charge >= 0.3 is 6.09 Å². The molecule has 1 N–H and O–H groups in total. The number of fused-ring (bicyclic) bond motifs is 1. The summed E-state index contributed by atoms with van der Waals surface area (Å²) in [6.45, 7) is 2.43. The summed E-state index contributed by atoms with van der Waals surface area (Å²) in [5.74, 6) is 1.27. The van der Waals surface area contributed by atoms with Gasteiger partial charge in [-0.3, -0.25) is 4.90 Å². The number of carbonyl (C=O) groups is 1. The fourth-order valence-electron chi connectivity index (χ4n) is 3.99. The molecular formula is C17H24N2O2. The van der Waals surface area contributed by atoms with E-state index >= 15 is 0 Å². The molecule has 0 aromatic heterocycles. The number of benzene rings is 1. The minimum Gasteiger partial charge on any atom is -0.465 e. The lowest BCUT2D eigenvalue weighted by Gasteiger charge is -2.32. The number of nitrogens with zero attached hydrogens (tertiary/aromatic N) is 2. The number of carboxylic acid groups (broad SMARTS) is 1. The van der Waals surface area contributed by atoms with Gasteiger partial charge in [0.2, 0.25) is 0 Å². The highest BCUT2D eigenvalue weighted by atomic mass is 16.4. The van der Waals surface area contributed by atoms with Crippen molar-refractivity contribution in [3.8, 4) is 0 Å². The van der Waals surface area contributed by atoms with Crippen molar-refractivity contribution >= 4 is 6.09 Å². The molecule has 4 nitrogen and oxygen atoms in total. The van der Waals surface area contributed by atoms with Gasteiger partial charge in [-0.1, -0.05) is 30.3 Å². The largest absolute Gasteiger partial charge is 0.465 e. The topological polar surface area (TPSA) is 43.8 Å². The van der Waals surface area contributed by atoms with E-state index in [9.17, 15) is 4.79 Å². The molecular weight excluding hydrogens is 264 g/mol. The van der Waals surface area contributed by atoms with Crippen LogP contribution in [0.2, 0.25) is 0 Å². The molecule has 0 radical (unpaired) electrons. The molecule has 1 aliphatic heterocycles. The van der Waals surface area contributed by atoms with Crippen molar-refractivity contribution in [2.75, 3.05) is 20.1 Å². The van der Waals surface area contributed by atoms with Gasteiger partial charge in [0, 0.05) is 25.7 Å². The van der Waals surface area contributed by atoms with Crippen molar-refractivity contribution in [3.05, 3.63) is 35.9 Å². The van der Waals surface area contributed by atoms with E-state index in [0.717, 1.165) is 25.9 Å². The van der Waals surface area contributed by atoms with Gasteiger partial charge in [0.25, 0.3) is 0 Å². The Morgan fingerprint density at radius 1 is 1.29 bits per heavy atom. The van der Waals surface area contributed by atoms with Gasteiger partial charge in [0.05, 0.1) is 0 Å². The molecule has 2 aliphatic rings. The van der Waals surface area contributed by atoms with E-state index in [2.05, 4.69) is 36.2 Å². The summed E-state index contributed by atoms with van der Waals surface area (Å²) in [6, 6.07) is 11.2. The van der Waals surface area contributed by atoms with Crippen molar-refractivity contribution in [3.63, 3.8) is 0 Å². The molecule has 1 saturated heterocycles. The maximum atomic E-state index is 11.1. The second kappa shape index (κ2) is 6.06. The molecule has 3 unspecified atom stereocenters. The normalized spacial score (nSPS) is 28.7. The van der Waals surface area contributed by atoms with E-state index in [4.69, 9.17) is 5.11 Å². The van der Waals surface area contributed by atoms with Gasteiger partial charge in [-0.25, -0.2) is 4.79 Å². The van der Waals surface area contributed by atoms with Crippen LogP contribution < -0.4 is 0 Å². The number of hydrogen-bond acceptors (Lipinski definition) is 2. The maximum absolute atomic E-state index is 11.1. The highest BCUT2D eigenvalue weighted by molar-refractivity contribution is 5.65. The summed E-state index contributed by atoms with van der Waals surface area (Å²) in [5.41, 5.74) is 1.35. The fourth-order valence-corrected chi connectivity index (χ4v) is 3.99. The van der Waals surface area contributed by atoms with Crippen molar-refractivity contribution in [1.29, 1.82) is 0 Å². The molecule has 21 heavy (non-hydrogen) atoms. The Morgan fingerprint density at radius 2 is 2.00 bits per heavy atom. The van der Waals surface area contributed by atoms with Gasteiger partial charge in [-0.15, -0.1) is 0 Å². The average Bonchev–Trinajstić information content (AvgIpc) is 2.91. The Hall–Kier alpha value is -1.55. The molecule has 1 amide bonds. The van der Waals surface area contributed by atoms with Crippen LogP contribution in [0.25, 0.3) is 0 Å². The molecule has 0 spiro atoms. The molecule has 1 aromatic rings. The summed E-state index contributed by atoms with van der Waals surface area (Å²) >= 11 is 0. The summed E-state index contributed by atoms with van der Waals surface area (Å²) in [4.78, 5) is 15.2. The molecule has 3 atom stereocenters.